The Kier molecular flexibility index (Phi) is 4.73. The predicted molar refractivity (Wildman–Crippen MR) is 73.9 cm³/mol. The fourth-order valence-electron chi connectivity index (χ4n) is 2.49. The van der Waals surface area contributed by atoms with E-state index in [9.17, 15) is 0 Å². The van der Waals surface area contributed by atoms with Gasteiger partial charge in [0.05, 0.1) is 6.20 Å². The molecule has 0 aliphatic heterocycles. The Morgan fingerprint density at radius 2 is 1.94 bits per heavy atom. The summed E-state index contributed by atoms with van der Waals surface area (Å²) in [6.07, 6.45) is 8.15. The number of rotatable bonds is 5. The molecule has 100 valence electrons. The summed E-state index contributed by atoms with van der Waals surface area (Å²) in [5.74, 6) is 1.58. The molecule has 0 unspecified atom stereocenters. The summed E-state index contributed by atoms with van der Waals surface area (Å²) < 4.78 is 0. The standard InChI is InChI=1S/C13H23N5/c1-3-18(4-2)12-10-14-17-13(16-12)15-11-8-6-5-7-9-11/h10-11H,3-9H2,1-2H3,(H,15,16,17). The highest BCUT2D eigenvalue weighted by Gasteiger charge is 2.15. The van der Waals surface area contributed by atoms with E-state index in [2.05, 4.69) is 39.2 Å². The van der Waals surface area contributed by atoms with Gasteiger partial charge in [0.2, 0.25) is 5.95 Å². The first kappa shape index (κ1) is 13.1. The van der Waals surface area contributed by atoms with Crippen molar-refractivity contribution in [2.75, 3.05) is 23.3 Å². The highest BCUT2D eigenvalue weighted by Crippen LogP contribution is 2.20. The lowest BCUT2D eigenvalue weighted by Gasteiger charge is -2.23. The van der Waals surface area contributed by atoms with Crippen LogP contribution in [0.15, 0.2) is 6.20 Å². The maximum absolute atomic E-state index is 4.55. The van der Waals surface area contributed by atoms with E-state index in [0.717, 1.165) is 18.9 Å². The maximum Gasteiger partial charge on any atom is 0.244 e. The van der Waals surface area contributed by atoms with Crippen molar-refractivity contribution in [3.05, 3.63) is 6.20 Å². The average molecular weight is 249 g/mol. The number of nitrogens with one attached hydrogen (secondary N) is 1. The second-order valence-corrected chi connectivity index (χ2v) is 4.79. The molecule has 1 saturated carbocycles. The normalized spacial score (nSPS) is 16.6. The van der Waals surface area contributed by atoms with Crippen LogP contribution < -0.4 is 10.2 Å². The molecule has 1 heterocycles. The van der Waals surface area contributed by atoms with Gasteiger partial charge in [0.1, 0.15) is 0 Å². The Morgan fingerprint density at radius 3 is 2.61 bits per heavy atom. The first-order valence-corrected chi connectivity index (χ1v) is 7.04. The molecule has 5 heteroatoms. The van der Waals surface area contributed by atoms with E-state index >= 15 is 0 Å². The van der Waals surface area contributed by atoms with Gasteiger partial charge in [-0.1, -0.05) is 19.3 Å². The van der Waals surface area contributed by atoms with Gasteiger partial charge < -0.3 is 10.2 Å². The molecule has 1 aromatic rings. The molecule has 2 rings (SSSR count). The van der Waals surface area contributed by atoms with Crippen molar-refractivity contribution in [2.45, 2.75) is 52.0 Å². The van der Waals surface area contributed by atoms with E-state index in [1.165, 1.54) is 32.1 Å². The van der Waals surface area contributed by atoms with Crippen LogP contribution in [0.4, 0.5) is 11.8 Å². The molecule has 0 amide bonds. The lowest BCUT2D eigenvalue weighted by Crippen LogP contribution is -2.26. The van der Waals surface area contributed by atoms with Crippen LogP contribution in [0.3, 0.4) is 0 Å². The minimum Gasteiger partial charge on any atom is -0.356 e. The minimum absolute atomic E-state index is 0.521. The Hall–Kier alpha value is -1.39. The number of hydrogen-bond donors (Lipinski definition) is 1. The second kappa shape index (κ2) is 6.52. The molecule has 18 heavy (non-hydrogen) atoms. The van der Waals surface area contributed by atoms with Crippen molar-refractivity contribution < 1.29 is 0 Å². The zero-order valence-electron chi connectivity index (χ0n) is 11.4. The molecule has 0 aromatic carbocycles. The topological polar surface area (TPSA) is 53.9 Å². The Labute approximate surface area is 109 Å². The monoisotopic (exact) mass is 249 g/mol. The zero-order valence-corrected chi connectivity index (χ0v) is 11.4. The molecule has 1 aromatic heterocycles. The van der Waals surface area contributed by atoms with E-state index in [1.54, 1.807) is 6.20 Å². The third-order valence-corrected chi connectivity index (χ3v) is 3.57. The van der Waals surface area contributed by atoms with E-state index in [1.807, 2.05) is 0 Å². The quantitative estimate of drug-likeness (QED) is 0.868. The fraction of sp³-hybridized carbons (Fsp3) is 0.769. The SMILES string of the molecule is CCN(CC)c1cnnc(NC2CCCCC2)n1. The summed E-state index contributed by atoms with van der Waals surface area (Å²) >= 11 is 0. The van der Waals surface area contributed by atoms with E-state index in [0.29, 0.717) is 12.0 Å². The van der Waals surface area contributed by atoms with Crippen molar-refractivity contribution in [2.24, 2.45) is 0 Å². The number of anilines is 2. The van der Waals surface area contributed by atoms with Gasteiger partial charge in [-0.15, -0.1) is 5.10 Å². The van der Waals surface area contributed by atoms with Crippen molar-refractivity contribution in [3.8, 4) is 0 Å². The molecule has 1 fully saturated rings. The second-order valence-electron chi connectivity index (χ2n) is 4.79. The average Bonchev–Trinajstić information content (AvgIpc) is 2.42. The third-order valence-electron chi connectivity index (χ3n) is 3.57. The Balaban J connectivity index is 2.01. The highest BCUT2D eigenvalue weighted by molar-refractivity contribution is 5.40. The van der Waals surface area contributed by atoms with Gasteiger partial charge >= 0.3 is 0 Å². The van der Waals surface area contributed by atoms with Crippen molar-refractivity contribution in [3.63, 3.8) is 0 Å². The van der Waals surface area contributed by atoms with Crippen LogP contribution in [-0.4, -0.2) is 34.3 Å². The molecular formula is C13H23N5. The Morgan fingerprint density at radius 1 is 1.22 bits per heavy atom. The predicted octanol–water partition coefficient (Wildman–Crippen LogP) is 2.46. The summed E-state index contributed by atoms with van der Waals surface area (Å²) in [5, 5.41) is 11.5. The summed E-state index contributed by atoms with van der Waals surface area (Å²) in [6.45, 7) is 6.13. The van der Waals surface area contributed by atoms with E-state index < -0.39 is 0 Å². The molecule has 0 saturated heterocycles. The van der Waals surface area contributed by atoms with Crippen LogP contribution in [0.25, 0.3) is 0 Å². The molecule has 1 aliphatic rings. The highest BCUT2D eigenvalue weighted by atomic mass is 15.3. The zero-order chi connectivity index (χ0) is 12.8. The summed E-state index contributed by atoms with van der Waals surface area (Å²) in [6, 6.07) is 0.521. The third kappa shape index (κ3) is 3.31. The lowest BCUT2D eigenvalue weighted by atomic mass is 9.96. The van der Waals surface area contributed by atoms with Crippen LogP contribution in [0.2, 0.25) is 0 Å². The first-order chi connectivity index (χ1) is 8.83. The van der Waals surface area contributed by atoms with Gasteiger partial charge in [-0.2, -0.15) is 10.1 Å². The van der Waals surface area contributed by atoms with Crippen molar-refractivity contribution >= 4 is 11.8 Å². The number of aromatic nitrogens is 3. The van der Waals surface area contributed by atoms with Gasteiger partial charge in [-0.25, -0.2) is 0 Å². The molecule has 1 aliphatic carbocycles. The van der Waals surface area contributed by atoms with Crippen molar-refractivity contribution in [1.82, 2.24) is 15.2 Å². The van der Waals surface area contributed by atoms with Gasteiger partial charge in [0.15, 0.2) is 5.82 Å². The van der Waals surface area contributed by atoms with E-state index in [-0.39, 0.29) is 0 Å². The summed E-state index contributed by atoms with van der Waals surface area (Å²) in [7, 11) is 0. The maximum atomic E-state index is 4.55. The van der Waals surface area contributed by atoms with Gasteiger partial charge in [0, 0.05) is 19.1 Å². The summed E-state index contributed by atoms with van der Waals surface area (Å²) in [5.41, 5.74) is 0. The molecule has 0 spiro atoms. The molecule has 0 atom stereocenters. The van der Waals surface area contributed by atoms with Crippen LogP contribution in [0.1, 0.15) is 46.0 Å². The van der Waals surface area contributed by atoms with Crippen LogP contribution in [0, 0.1) is 0 Å². The number of hydrogen-bond acceptors (Lipinski definition) is 5. The van der Waals surface area contributed by atoms with Gasteiger partial charge in [-0.3, -0.25) is 0 Å². The largest absolute Gasteiger partial charge is 0.356 e. The Bertz CT molecular complexity index is 358. The van der Waals surface area contributed by atoms with Crippen LogP contribution >= 0.6 is 0 Å². The van der Waals surface area contributed by atoms with Gasteiger partial charge in [-0.05, 0) is 26.7 Å². The molecule has 1 N–H and O–H groups in total. The summed E-state index contributed by atoms with van der Waals surface area (Å²) in [4.78, 5) is 6.73. The lowest BCUT2D eigenvalue weighted by molar-refractivity contribution is 0.460. The van der Waals surface area contributed by atoms with Crippen molar-refractivity contribution in [1.29, 1.82) is 0 Å². The fourth-order valence-corrected chi connectivity index (χ4v) is 2.49. The molecule has 5 nitrogen and oxygen atoms in total. The van der Waals surface area contributed by atoms with Gasteiger partial charge in [0.25, 0.3) is 0 Å². The number of nitrogens with zero attached hydrogens (tertiary/aromatic N) is 4. The molecule has 0 bridgehead atoms. The first-order valence-electron chi connectivity index (χ1n) is 7.04. The molecule has 0 radical (unpaired) electrons. The minimum atomic E-state index is 0.521. The van der Waals surface area contributed by atoms with E-state index in [4.69, 9.17) is 0 Å². The van der Waals surface area contributed by atoms with Crippen LogP contribution in [-0.2, 0) is 0 Å². The van der Waals surface area contributed by atoms with Crippen LogP contribution in [0.5, 0.6) is 0 Å². The smallest absolute Gasteiger partial charge is 0.244 e. The molecular weight excluding hydrogens is 226 g/mol.